The molecule has 5 heteroatoms. The normalized spacial score (nSPS) is 13.5. The Balaban J connectivity index is 1.57. The van der Waals surface area contributed by atoms with E-state index in [9.17, 15) is 0 Å². The molecule has 1 heterocycles. The number of thiazole rings is 1. The van der Waals surface area contributed by atoms with Crippen LogP contribution in [0, 0.1) is 11.3 Å². The molecule has 0 amide bonds. The van der Waals surface area contributed by atoms with Crippen molar-refractivity contribution >= 4 is 28.6 Å². The van der Waals surface area contributed by atoms with Gasteiger partial charge in [0.2, 0.25) is 0 Å². The summed E-state index contributed by atoms with van der Waals surface area (Å²) in [5.41, 5.74) is 2.78. The zero-order valence-electron chi connectivity index (χ0n) is 11.7. The minimum atomic E-state index is 0.493. The van der Waals surface area contributed by atoms with Gasteiger partial charge in [-0.25, -0.2) is 4.98 Å². The first-order chi connectivity index (χ1) is 10.3. The lowest BCUT2D eigenvalue weighted by molar-refractivity contribution is 0.680. The van der Waals surface area contributed by atoms with Crippen LogP contribution in [-0.4, -0.2) is 11.5 Å². The number of nitrogens with one attached hydrogen (secondary N) is 1. The molecule has 0 atom stereocenters. The van der Waals surface area contributed by atoms with Gasteiger partial charge in [0, 0.05) is 23.5 Å². The zero-order chi connectivity index (χ0) is 14.7. The van der Waals surface area contributed by atoms with Crippen molar-refractivity contribution in [3.8, 4) is 6.07 Å². The summed E-state index contributed by atoms with van der Waals surface area (Å²) in [6.45, 7) is 0.828. The van der Waals surface area contributed by atoms with E-state index < -0.39 is 0 Å². The van der Waals surface area contributed by atoms with E-state index in [1.54, 1.807) is 12.1 Å². The van der Waals surface area contributed by atoms with Crippen LogP contribution in [0.25, 0.3) is 0 Å². The van der Waals surface area contributed by atoms with Gasteiger partial charge in [-0.3, -0.25) is 0 Å². The second-order valence-electron chi connectivity index (χ2n) is 5.17. The van der Waals surface area contributed by atoms with E-state index in [-0.39, 0.29) is 0 Å². The Morgan fingerprint density at radius 1 is 1.33 bits per heavy atom. The van der Waals surface area contributed by atoms with E-state index in [0.29, 0.717) is 10.6 Å². The van der Waals surface area contributed by atoms with Gasteiger partial charge in [0.25, 0.3) is 0 Å². The SMILES string of the molecule is N#Cc1ccc(NCCc2nc3c(s2)CCCC3)cc1Cl. The summed E-state index contributed by atoms with van der Waals surface area (Å²) in [5, 5.41) is 13.9. The third-order valence-electron chi connectivity index (χ3n) is 3.65. The van der Waals surface area contributed by atoms with Gasteiger partial charge < -0.3 is 5.32 Å². The van der Waals surface area contributed by atoms with Gasteiger partial charge in [-0.2, -0.15) is 5.26 Å². The first kappa shape index (κ1) is 14.4. The van der Waals surface area contributed by atoms with Crippen LogP contribution in [0.2, 0.25) is 5.02 Å². The number of rotatable bonds is 4. The molecule has 0 radical (unpaired) electrons. The van der Waals surface area contributed by atoms with Gasteiger partial charge in [-0.1, -0.05) is 11.6 Å². The Kier molecular flexibility index (Phi) is 4.42. The molecular formula is C16H16ClN3S. The number of nitrogens with zero attached hydrogens (tertiary/aromatic N) is 2. The third kappa shape index (κ3) is 3.37. The topological polar surface area (TPSA) is 48.7 Å². The number of aryl methyl sites for hydroxylation is 2. The summed E-state index contributed by atoms with van der Waals surface area (Å²) in [6.07, 6.45) is 5.85. The van der Waals surface area contributed by atoms with E-state index in [0.717, 1.165) is 25.1 Å². The standard InChI is InChI=1S/C16H16ClN3S/c17-13-9-12(6-5-11(13)10-18)19-8-7-16-20-14-3-1-2-4-15(14)21-16/h5-6,9,19H,1-4,7-8H2. The van der Waals surface area contributed by atoms with Gasteiger partial charge in [-0.15, -0.1) is 11.3 Å². The number of halogens is 1. The van der Waals surface area contributed by atoms with Gasteiger partial charge in [-0.05, 0) is 43.9 Å². The molecular weight excluding hydrogens is 302 g/mol. The van der Waals surface area contributed by atoms with Crippen molar-refractivity contribution in [1.82, 2.24) is 4.98 Å². The number of anilines is 1. The summed E-state index contributed by atoms with van der Waals surface area (Å²) in [7, 11) is 0. The van der Waals surface area contributed by atoms with Crippen LogP contribution in [-0.2, 0) is 19.3 Å². The second-order valence-corrected chi connectivity index (χ2v) is 6.74. The van der Waals surface area contributed by atoms with Crippen molar-refractivity contribution < 1.29 is 0 Å². The van der Waals surface area contributed by atoms with Crippen LogP contribution in [0.5, 0.6) is 0 Å². The maximum atomic E-state index is 8.85. The molecule has 1 aromatic carbocycles. The summed E-state index contributed by atoms with van der Waals surface area (Å²) < 4.78 is 0. The monoisotopic (exact) mass is 317 g/mol. The predicted octanol–water partition coefficient (Wildman–Crippen LogP) is 4.20. The molecule has 0 unspecified atom stereocenters. The highest BCUT2D eigenvalue weighted by Gasteiger charge is 2.14. The highest BCUT2D eigenvalue weighted by Crippen LogP contribution is 2.27. The van der Waals surface area contributed by atoms with Crippen LogP contribution >= 0.6 is 22.9 Å². The molecule has 0 aliphatic heterocycles. The number of fused-ring (bicyclic) bond motifs is 1. The Bertz CT molecular complexity index is 664. The Morgan fingerprint density at radius 3 is 2.95 bits per heavy atom. The van der Waals surface area contributed by atoms with Crippen molar-refractivity contribution in [2.75, 3.05) is 11.9 Å². The maximum Gasteiger partial charge on any atom is 0.101 e. The Hall–Kier alpha value is -1.57. The van der Waals surface area contributed by atoms with Crippen LogP contribution in [0.15, 0.2) is 18.2 Å². The molecule has 0 saturated heterocycles. The van der Waals surface area contributed by atoms with Gasteiger partial charge in [0.05, 0.1) is 21.3 Å². The molecule has 0 spiro atoms. The lowest BCUT2D eigenvalue weighted by Crippen LogP contribution is -2.05. The molecule has 108 valence electrons. The average molecular weight is 318 g/mol. The summed E-state index contributed by atoms with van der Waals surface area (Å²) in [6, 6.07) is 7.49. The van der Waals surface area contributed by atoms with Gasteiger partial charge >= 0.3 is 0 Å². The van der Waals surface area contributed by atoms with E-state index in [1.807, 2.05) is 17.4 Å². The van der Waals surface area contributed by atoms with Crippen LogP contribution in [0.4, 0.5) is 5.69 Å². The van der Waals surface area contributed by atoms with Gasteiger partial charge in [0.15, 0.2) is 0 Å². The van der Waals surface area contributed by atoms with E-state index >= 15 is 0 Å². The predicted molar refractivity (Wildman–Crippen MR) is 87.1 cm³/mol. The lowest BCUT2D eigenvalue weighted by atomic mass is 10.0. The minimum Gasteiger partial charge on any atom is -0.385 e. The molecule has 2 aromatic rings. The number of aromatic nitrogens is 1. The highest BCUT2D eigenvalue weighted by molar-refractivity contribution is 7.11. The molecule has 0 bridgehead atoms. The van der Waals surface area contributed by atoms with Crippen LogP contribution in [0.3, 0.4) is 0 Å². The maximum absolute atomic E-state index is 8.85. The van der Waals surface area contributed by atoms with Gasteiger partial charge in [0.1, 0.15) is 6.07 Å². The van der Waals surface area contributed by atoms with E-state index in [2.05, 4.69) is 11.4 Å². The third-order valence-corrected chi connectivity index (χ3v) is 5.18. The smallest absolute Gasteiger partial charge is 0.101 e. The van der Waals surface area contributed by atoms with Crippen molar-refractivity contribution in [3.05, 3.63) is 44.4 Å². The fourth-order valence-electron chi connectivity index (χ4n) is 2.54. The molecule has 1 N–H and O–H groups in total. The second kappa shape index (κ2) is 6.46. The molecule has 1 aromatic heterocycles. The quantitative estimate of drug-likeness (QED) is 0.919. The highest BCUT2D eigenvalue weighted by atomic mass is 35.5. The molecule has 1 aliphatic carbocycles. The van der Waals surface area contributed by atoms with E-state index in [1.165, 1.54) is 34.8 Å². The van der Waals surface area contributed by atoms with E-state index in [4.69, 9.17) is 21.8 Å². The van der Waals surface area contributed by atoms with Crippen molar-refractivity contribution in [3.63, 3.8) is 0 Å². The summed E-state index contributed by atoms with van der Waals surface area (Å²) in [4.78, 5) is 6.22. The number of hydrogen-bond donors (Lipinski definition) is 1. The van der Waals surface area contributed by atoms with Crippen LogP contribution in [0.1, 0.15) is 34.0 Å². The zero-order valence-corrected chi connectivity index (χ0v) is 13.2. The van der Waals surface area contributed by atoms with Crippen molar-refractivity contribution in [2.45, 2.75) is 32.1 Å². The van der Waals surface area contributed by atoms with Crippen LogP contribution < -0.4 is 5.32 Å². The molecule has 21 heavy (non-hydrogen) atoms. The molecule has 3 nitrogen and oxygen atoms in total. The first-order valence-corrected chi connectivity index (χ1v) is 8.36. The Morgan fingerprint density at radius 2 is 2.19 bits per heavy atom. The Labute approximate surface area is 133 Å². The fraction of sp³-hybridized carbons (Fsp3) is 0.375. The number of hydrogen-bond acceptors (Lipinski definition) is 4. The lowest BCUT2D eigenvalue weighted by Gasteiger charge is -2.06. The molecule has 3 rings (SSSR count). The number of nitriles is 1. The number of benzene rings is 1. The minimum absolute atomic E-state index is 0.493. The van der Waals surface area contributed by atoms with Crippen molar-refractivity contribution in [1.29, 1.82) is 5.26 Å². The molecule has 0 saturated carbocycles. The summed E-state index contributed by atoms with van der Waals surface area (Å²) in [5.74, 6) is 0. The average Bonchev–Trinajstić information content (AvgIpc) is 2.90. The summed E-state index contributed by atoms with van der Waals surface area (Å²) >= 11 is 7.88. The first-order valence-electron chi connectivity index (χ1n) is 7.17. The van der Waals surface area contributed by atoms with Crippen molar-refractivity contribution in [2.24, 2.45) is 0 Å². The molecule has 0 fully saturated rings. The molecule has 1 aliphatic rings. The largest absolute Gasteiger partial charge is 0.385 e. The fourth-order valence-corrected chi connectivity index (χ4v) is 3.92.